The van der Waals surface area contributed by atoms with Crippen LogP contribution in [0.4, 0.5) is 5.69 Å². The lowest BCUT2D eigenvalue weighted by Gasteiger charge is -2.34. The van der Waals surface area contributed by atoms with E-state index in [1.54, 1.807) is 26.1 Å². The van der Waals surface area contributed by atoms with Gasteiger partial charge in [-0.25, -0.2) is 8.42 Å². The number of aryl methyl sites for hydroxylation is 1. The van der Waals surface area contributed by atoms with Gasteiger partial charge in [-0.15, -0.1) is 0 Å². The molecule has 112 valence electrons. The van der Waals surface area contributed by atoms with Crippen molar-refractivity contribution in [3.63, 3.8) is 0 Å². The number of likely N-dealkylation sites (N-methyl/N-ethyl adjacent to an activating group) is 1. The smallest absolute Gasteiger partial charge is 0.243 e. The molecule has 2 rings (SSSR count). The van der Waals surface area contributed by atoms with E-state index in [9.17, 15) is 13.5 Å². The summed E-state index contributed by atoms with van der Waals surface area (Å²) < 4.78 is 26.7. The molecule has 20 heavy (non-hydrogen) atoms. The van der Waals surface area contributed by atoms with Gasteiger partial charge in [-0.05, 0) is 43.5 Å². The van der Waals surface area contributed by atoms with E-state index in [1.807, 2.05) is 0 Å². The van der Waals surface area contributed by atoms with Crippen LogP contribution in [-0.2, 0) is 10.0 Å². The van der Waals surface area contributed by atoms with E-state index in [4.69, 9.17) is 5.73 Å². The molecule has 3 N–H and O–H groups in total. The Balaban J connectivity index is 2.33. The third-order valence-electron chi connectivity index (χ3n) is 4.02. The van der Waals surface area contributed by atoms with Crippen molar-refractivity contribution in [3.8, 4) is 0 Å². The number of rotatable bonds is 3. The molecule has 0 heterocycles. The van der Waals surface area contributed by atoms with Gasteiger partial charge in [0, 0.05) is 12.7 Å². The van der Waals surface area contributed by atoms with Crippen LogP contribution in [0.3, 0.4) is 0 Å². The second-order valence-electron chi connectivity index (χ2n) is 5.47. The maximum atomic E-state index is 12.7. The topological polar surface area (TPSA) is 83.6 Å². The Labute approximate surface area is 120 Å². The summed E-state index contributed by atoms with van der Waals surface area (Å²) in [7, 11) is -2.06. The normalized spacial score (nSPS) is 24.0. The van der Waals surface area contributed by atoms with Gasteiger partial charge in [0.1, 0.15) is 0 Å². The van der Waals surface area contributed by atoms with Gasteiger partial charge in [0.2, 0.25) is 10.0 Å². The van der Waals surface area contributed by atoms with Crippen LogP contribution in [0.1, 0.15) is 31.2 Å². The average molecular weight is 298 g/mol. The zero-order chi connectivity index (χ0) is 14.9. The fourth-order valence-electron chi connectivity index (χ4n) is 2.81. The van der Waals surface area contributed by atoms with Crippen LogP contribution in [0.15, 0.2) is 23.1 Å². The van der Waals surface area contributed by atoms with E-state index in [2.05, 4.69) is 0 Å². The molecule has 2 atom stereocenters. The minimum Gasteiger partial charge on any atom is -0.399 e. The van der Waals surface area contributed by atoms with Gasteiger partial charge in [0.15, 0.2) is 0 Å². The Kier molecular flexibility index (Phi) is 4.36. The van der Waals surface area contributed by atoms with Gasteiger partial charge in [0.25, 0.3) is 0 Å². The second-order valence-corrected chi connectivity index (χ2v) is 7.43. The molecule has 0 saturated heterocycles. The van der Waals surface area contributed by atoms with Crippen LogP contribution in [0.2, 0.25) is 0 Å². The van der Waals surface area contributed by atoms with Crippen molar-refractivity contribution in [2.75, 3.05) is 12.8 Å². The van der Waals surface area contributed by atoms with E-state index in [1.165, 1.54) is 10.4 Å². The quantitative estimate of drug-likeness (QED) is 0.828. The molecule has 1 aliphatic carbocycles. The Morgan fingerprint density at radius 3 is 2.55 bits per heavy atom. The second kappa shape index (κ2) is 5.71. The van der Waals surface area contributed by atoms with Crippen LogP contribution in [0.25, 0.3) is 0 Å². The molecule has 2 unspecified atom stereocenters. The molecule has 0 spiro atoms. The van der Waals surface area contributed by atoms with Gasteiger partial charge in [-0.1, -0.05) is 12.8 Å². The number of anilines is 1. The van der Waals surface area contributed by atoms with Gasteiger partial charge < -0.3 is 10.8 Å². The predicted molar refractivity (Wildman–Crippen MR) is 78.8 cm³/mol. The standard InChI is InChI=1S/C14H22N2O3S/c1-10-9-11(15)7-8-14(10)20(18,19)16(2)12-5-3-4-6-13(12)17/h7-9,12-13,17H,3-6,15H2,1-2H3. The van der Waals surface area contributed by atoms with E-state index in [0.717, 1.165) is 12.8 Å². The maximum Gasteiger partial charge on any atom is 0.243 e. The lowest BCUT2D eigenvalue weighted by Crippen LogP contribution is -2.46. The first kappa shape index (κ1) is 15.3. The zero-order valence-electron chi connectivity index (χ0n) is 11.9. The molecule has 0 amide bonds. The third kappa shape index (κ3) is 2.82. The van der Waals surface area contributed by atoms with Crippen LogP contribution >= 0.6 is 0 Å². The summed E-state index contributed by atoms with van der Waals surface area (Å²) >= 11 is 0. The van der Waals surface area contributed by atoms with Crippen molar-refractivity contribution in [2.24, 2.45) is 0 Å². The third-order valence-corrected chi connectivity index (χ3v) is 6.06. The van der Waals surface area contributed by atoms with Gasteiger partial charge >= 0.3 is 0 Å². The maximum absolute atomic E-state index is 12.7. The molecule has 0 bridgehead atoms. The first-order valence-corrected chi connectivity index (χ1v) is 8.30. The lowest BCUT2D eigenvalue weighted by molar-refractivity contribution is 0.0638. The van der Waals surface area contributed by atoms with E-state index in [0.29, 0.717) is 24.1 Å². The minimum atomic E-state index is -3.60. The molecule has 0 aliphatic heterocycles. The first-order chi connectivity index (χ1) is 9.34. The van der Waals surface area contributed by atoms with Crippen LogP contribution < -0.4 is 5.73 Å². The van der Waals surface area contributed by atoms with Crippen LogP contribution in [0.5, 0.6) is 0 Å². The Morgan fingerprint density at radius 1 is 1.30 bits per heavy atom. The molecule has 1 fully saturated rings. The van der Waals surface area contributed by atoms with Crippen molar-refractivity contribution in [1.29, 1.82) is 0 Å². The summed E-state index contributed by atoms with van der Waals surface area (Å²) in [6.45, 7) is 1.73. The fraction of sp³-hybridized carbons (Fsp3) is 0.571. The van der Waals surface area contributed by atoms with Crippen molar-refractivity contribution >= 4 is 15.7 Å². The van der Waals surface area contributed by atoms with Crippen LogP contribution in [-0.4, -0.2) is 37.0 Å². The van der Waals surface area contributed by atoms with E-state index < -0.39 is 16.1 Å². The number of hydrogen-bond donors (Lipinski definition) is 2. The first-order valence-electron chi connectivity index (χ1n) is 6.86. The summed E-state index contributed by atoms with van der Waals surface area (Å²) in [5, 5.41) is 10.0. The zero-order valence-corrected chi connectivity index (χ0v) is 12.7. The Bertz CT molecular complexity index is 586. The van der Waals surface area contributed by atoms with E-state index >= 15 is 0 Å². The highest BCUT2D eigenvalue weighted by Gasteiger charge is 2.34. The van der Waals surface area contributed by atoms with Crippen molar-refractivity contribution in [2.45, 2.75) is 49.6 Å². The minimum absolute atomic E-state index is 0.256. The molecule has 1 aliphatic rings. The summed E-state index contributed by atoms with van der Waals surface area (Å²) in [6, 6.07) is 4.43. The Morgan fingerprint density at radius 2 is 1.95 bits per heavy atom. The molecule has 1 aromatic carbocycles. The highest BCUT2D eigenvalue weighted by molar-refractivity contribution is 7.89. The summed E-state index contributed by atoms with van der Waals surface area (Å²) in [5.41, 5.74) is 6.83. The highest BCUT2D eigenvalue weighted by Crippen LogP contribution is 2.28. The predicted octanol–water partition coefficient (Wildman–Crippen LogP) is 1.50. The molecule has 0 aromatic heterocycles. The molecular formula is C14H22N2O3S. The van der Waals surface area contributed by atoms with Gasteiger partial charge in [-0.3, -0.25) is 0 Å². The molecule has 1 aromatic rings. The van der Waals surface area contributed by atoms with Gasteiger partial charge in [-0.2, -0.15) is 4.31 Å². The number of aliphatic hydroxyl groups excluding tert-OH is 1. The number of benzene rings is 1. The number of nitrogens with two attached hydrogens (primary N) is 1. The lowest BCUT2D eigenvalue weighted by atomic mass is 9.93. The van der Waals surface area contributed by atoms with Crippen molar-refractivity contribution < 1.29 is 13.5 Å². The molecule has 6 heteroatoms. The molecular weight excluding hydrogens is 276 g/mol. The number of sulfonamides is 1. The molecule has 5 nitrogen and oxygen atoms in total. The van der Waals surface area contributed by atoms with Crippen molar-refractivity contribution in [3.05, 3.63) is 23.8 Å². The highest BCUT2D eigenvalue weighted by atomic mass is 32.2. The number of aliphatic hydroxyl groups is 1. The molecule has 0 radical (unpaired) electrons. The summed E-state index contributed by atoms with van der Waals surface area (Å²) in [6.07, 6.45) is 2.67. The largest absolute Gasteiger partial charge is 0.399 e. The SMILES string of the molecule is Cc1cc(N)ccc1S(=O)(=O)N(C)C1CCCCC1O. The van der Waals surface area contributed by atoms with Crippen molar-refractivity contribution in [1.82, 2.24) is 4.31 Å². The number of nitrogen functional groups attached to an aromatic ring is 1. The van der Waals surface area contributed by atoms with E-state index in [-0.39, 0.29) is 10.9 Å². The monoisotopic (exact) mass is 298 g/mol. The molecule has 1 saturated carbocycles. The van der Waals surface area contributed by atoms with Gasteiger partial charge in [0.05, 0.1) is 17.0 Å². The average Bonchev–Trinajstić information content (AvgIpc) is 2.38. The van der Waals surface area contributed by atoms with Crippen LogP contribution in [0, 0.1) is 6.92 Å². The fourth-order valence-corrected chi connectivity index (χ4v) is 4.43. The Hall–Kier alpha value is -1.11. The number of nitrogens with zero attached hydrogens (tertiary/aromatic N) is 1. The summed E-state index contributed by atoms with van der Waals surface area (Å²) in [4.78, 5) is 0.256. The summed E-state index contributed by atoms with van der Waals surface area (Å²) in [5.74, 6) is 0. The number of hydrogen-bond acceptors (Lipinski definition) is 4.